The highest BCUT2D eigenvalue weighted by molar-refractivity contribution is 5.36. The Kier molecular flexibility index (Phi) is 7.00. The van der Waals surface area contributed by atoms with E-state index >= 15 is 0 Å². The smallest absolute Gasteiger partial charge is 0.426 e. The molecular formula is C23H23F5O2. The van der Waals surface area contributed by atoms with Crippen molar-refractivity contribution in [3.8, 4) is 11.5 Å². The van der Waals surface area contributed by atoms with Crippen LogP contribution in [0.25, 0.3) is 0 Å². The van der Waals surface area contributed by atoms with Crippen LogP contribution < -0.4 is 9.47 Å². The number of hydrogen-bond acceptors (Lipinski definition) is 2. The monoisotopic (exact) mass is 426 g/mol. The predicted octanol–water partition coefficient (Wildman–Crippen LogP) is 7.25. The van der Waals surface area contributed by atoms with E-state index in [0.717, 1.165) is 31.2 Å². The summed E-state index contributed by atoms with van der Waals surface area (Å²) >= 11 is 0. The van der Waals surface area contributed by atoms with Gasteiger partial charge in [-0.2, -0.15) is 8.78 Å². The molecule has 1 fully saturated rings. The van der Waals surface area contributed by atoms with Gasteiger partial charge in [0.25, 0.3) is 0 Å². The first-order valence-electron chi connectivity index (χ1n) is 9.82. The van der Waals surface area contributed by atoms with Crippen LogP contribution in [0.4, 0.5) is 22.0 Å². The number of allylic oxidation sites excluding steroid dienone is 2. The lowest BCUT2D eigenvalue weighted by atomic mass is 9.78. The molecule has 2 aromatic rings. The first kappa shape index (κ1) is 22.1. The highest BCUT2D eigenvalue weighted by atomic mass is 19.3. The first-order chi connectivity index (χ1) is 14.3. The average Bonchev–Trinajstić information content (AvgIpc) is 2.71. The maximum atomic E-state index is 14.5. The summed E-state index contributed by atoms with van der Waals surface area (Å²) < 4.78 is 77.3. The molecule has 0 unspecified atom stereocenters. The van der Waals surface area contributed by atoms with Crippen LogP contribution in [0.5, 0.6) is 11.5 Å². The lowest BCUT2D eigenvalue weighted by Crippen LogP contribution is -2.22. The fourth-order valence-electron chi connectivity index (χ4n) is 3.86. The summed E-state index contributed by atoms with van der Waals surface area (Å²) in [5, 5.41) is 0. The molecule has 3 rings (SSSR count). The normalized spacial score (nSPS) is 19.8. The third-order valence-corrected chi connectivity index (χ3v) is 5.37. The Morgan fingerprint density at radius 1 is 1.00 bits per heavy atom. The fraction of sp³-hybridized carbons (Fsp3) is 0.391. The molecule has 0 spiro atoms. The van der Waals surface area contributed by atoms with Crippen LogP contribution in [0.15, 0.2) is 48.6 Å². The van der Waals surface area contributed by atoms with E-state index in [2.05, 4.69) is 21.6 Å². The van der Waals surface area contributed by atoms with Gasteiger partial charge < -0.3 is 9.47 Å². The van der Waals surface area contributed by atoms with Gasteiger partial charge >= 0.3 is 6.11 Å². The first-order valence-corrected chi connectivity index (χ1v) is 9.82. The minimum Gasteiger partial charge on any atom is -0.457 e. The molecule has 0 aliphatic heterocycles. The van der Waals surface area contributed by atoms with E-state index in [0.29, 0.717) is 24.0 Å². The summed E-state index contributed by atoms with van der Waals surface area (Å²) in [6.45, 7) is 0.551. The van der Waals surface area contributed by atoms with Crippen molar-refractivity contribution in [1.29, 1.82) is 0 Å². The van der Waals surface area contributed by atoms with Crippen molar-refractivity contribution in [2.24, 2.45) is 5.92 Å². The molecular weight excluding hydrogens is 403 g/mol. The molecule has 2 aromatic carbocycles. The van der Waals surface area contributed by atoms with Gasteiger partial charge in [0.05, 0.1) is 5.56 Å². The highest BCUT2D eigenvalue weighted by Crippen LogP contribution is 2.38. The Bertz CT molecular complexity index is 849. The molecule has 0 N–H and O–H groups in total. The van der Waals surface area contributed by atoms with Crippen LogP contribution in [0.1, 0.15) is 49.7 Å². The molecule has 0 amide bonds. The quantitative estimate of drug-likeness (QED) is 0.343. The second-order valence-corrected chi connectivity index (χ2v) is 7.35. The number of hydrogen-bond donors (Lipinski definition) is 0. The summed E-state index contributed by atoms with van der Waals surface area (Å²) in [4.78, 5) is 0. The Labute approximate surface area is 172 Å². The lowest BCUT2D eigenvalue weighted by Gasteiger charge is -2.27. The zero-order chi connectivity index (χ0) is 21.7. The van der Waals surface area contributed by atoms with E-state index in [-0.39, 0.29) is 0 Å². The summed E-state index contributed by atoms with van der Waals surface area (Å²) in [5.74, 6) is -3.48. The molecule has 162 valence electrons. The Morgan fingerprint density at radius 3 is 2.13 bits per heavy atom. The van der Waals surface area contributed by atoms with Gasteiger partial charge in [0.1, 0.15) is 5.75 Å². The molecule has 0 atom stereocenters. The minimum absolute atomic E-state index is 0.321. The Morgan fingerprint density at radius 2 is 1.60 bits per heavy atom. The number of ether oxygens (including phenoxy) is 2. The maximum Gasteiger partial charge on any atom is 0.426 e. The van der Waals surface area contributed by atoms with Crippen LogP contribution in [0, 0.1) is 17.6 Å². The molecule has 1 aliphatic carbocycles. The number of benzene rings is 2. The molecule has 1 aliphatic rings. The van der Waals surface area contributed by atoms with Crippen molar-refractivity contribution in [3.05, 3.63) is 71.3 Å². The molecule has 0 bridgehead atoms. The van der Waals surface area contributed by atoms with Gasteiger partial charge in [0.15, 0.2) is 17.4 Å². The molecule has 0 radical (unpaired) electrons. The van der Waals surface area contributed by atoms with Gasteiger partial charge in [-0.05, 0) is 62.1 Å². The SMILES string of the molecule is C/C=C/C1CCC(c2ccc(C(F)(F)Oc3cc(F)c(OCF)c(F)c3)cc2)CC1. The molecule has 2 nitrogen and oxygen atoms in total. The second-order valence-electron chi connectivity index (χ2n) is 7.35. The van der Waals surface area contributed by atoms with Gasteiger partial charge in [0.2, 0.25) is 6.86 Å². The number of rotatable bonds is 7. The van der Waals surface area contributed by atoms with E-state index in [4.69, 9.17) is 0 Å². The van der Waals surface area contributed by atoms with Crippen molar-refractivity contribution in [3.63, 3.8) is 0 Å². The van der Waals surface area contributed by atoms with Crippen LogP contribution >= 0.6 is 0 Å². The van der Waals surface area contributed by atoms with Crippen molar-refractivity contribution < 1.29 is 31.4 Å². The largest absolute Gasteiger partial charge is 0.457 e. The van der Waals surface area contributed by atoms with Crippen molar-refractivity contribution in [2.45, 2.75) is 44.6 Å². The average molecular weight is 426 g/mol. The van der Waals surface area contributed by atoms with Gasteiger partial charge in [-0.1, -0.05) is 24.3 Å². The minimum atomic E-state index is -3.80. The van der Waals surface area contributed by atoms with Crippen LogP contribution in [-0.2, 0) is 6.11 Å². The van der Waals surface area contributed by atoms with Gasteiger partial charge in [-0.15, -0.1) is 0 Å². The number of halogens is 5. The summed E-state index contributed by atoms with van der Waals surface area (Å²) in [6, 6.07) is 6.87. The van der Waals surface area contributed by atoms with E-state index in [1.54, 1.807) is 12.1 Å². The highest BCUT2D eigenvalue weighted by Gasteiger charge is 2.35. The zero-order valence-electron chi connectivity index (χ0n) is 16.5. The summed E-state index contributed by atoms with van der Waals surface area (Å²) in [6.07, 6.45) is 4.58. The summed E-state index contributed by atoms with van der Waals surface area (Å²) in [5.41, 5.74) is 0.553. The van der Waals surface area contributed by atoms with E-state index in [9.17, 15) is 22.0 Å². The van der Waals surface area contributed by atoms with Crippen LogP contribution in [0.2, 0.25) is 0 Å². The van der Waals surface area contributed by atoms with Crippen LogP contribution in [0.3, 0.4) is 0 Å². The van der Waals surface area contributed by atoms with E-state index in [1.165, 1.54) is 12.1 Å². The molecule has 0 aromatic heterocycles. The van der Waals surface area contributed by atoms with Gasteiger partial charge in [0, 0.05) is 12.1 Å². The third kappa shape index (κ3) is 5.12. The van der Waals surface area contributed by atoms with Gasteiger partial charge in [-0.25, -0.2) is 13.2 Å². The fourth-order valence-corrected chi connectivity index (χ4v) is 3.86. The van der Waals surface area contributed by atoms with Crippen molar-refractivity contribution in [1.82, 2.24) is 0 Å². The lowest BCUT2D eigenvalue weighted by molar-refractivity contribution is -0.185. The predicted molar refractivity (Wildman–Crippen MR) is 103 cm³/mol. The second kappa shape index (κ2) is 9.49. The van der Waals surface area contributed by atoms with Crippen molar-refractivity contribution in [2.75, 3.05) is 6.86 Å². The van der Waals surface area contributed by atoms with E-state index in [1.807, 2.05) is 6.92 Å². The topological polar surface area (TPSA) is 18.5 Å². The molecule has 0 saturated heterocycles. The molecule has 1 saturated carbocycles. The molecule has 7 heteroatoms. The van der Waals surface area contributed by atoms with Crippen LogP contribution in [-0.4, -0.2) is 6.86 Å². The summed E-state index contributed by atoms with van der Waals surface area (Å²) in [7, 11) is 0. The van der Waals surface area contributed by atoms with Gasteiger partial charge in [-0.3, -0.25) is 0 Å². The van der Waals surface area contributed by atoms with E-state index < -0.39 is 41.7 Å². The molecule has 30 heavy (non-hydrogen) atoms. The third-order valence-electron chi connectivity index (χ3n) is 5.37. The maximum absolute atomic E-state index is 14.5. The Hall–Kier alpha value is -2.57. The van der Waals surface area contributed by atoms with Crippen molar-refractivity contribution >= 4 is 0 Å². The number of alkyl halides is 3. The standard InChI is InChI=1S/C23H23F5O2/c1-2-3-15-4-6-16(7-5-15)17-8-10-18(11-9-17)23(27,28)30-19-12-20(25)22(29-14-24)21(26)13-19/h2-3,8-13,15-16H,4-7,14H2,1H3/b3-2+. The Balaban J connectivity index is 1.69. The zero-order valence-corrected chi connectivity index (χ0v) is 16.5. The molecule has 0 heterocycles.